The van der Waals surface area contributed by atoms with Crippen molar-refractivity contribution in [3.05, 3.63) is 34.1 Å². The first-order chi connectivity index (χ1) is 7.41. The molecule has 16 heavy (non-hydrogen) atoms. The Morgan fingerprint density at radius 2 is 2.12 bits per heavy atom. The Hall–Kier alpha value is -0.390. The van der Waals surface area contributed by atoms with Crippen LogP contribution in [0.4, 0.5) is 4.39 Å². The fourth-order valence-electron chi connectivity index (χ4n) is 1.06. The third-order valence-electron chi connectivity index (χ3n) is 1.95. The summed E-state index contributed by atoms with van der Waals surface area (Å²) in [6, 6.07) is 4.61. The van der Waals surface area contributed by atoms with Crippen LogP contribution in [0, 0.1) is 5.82 Å². The number of hydrogen-bond acceptors (Lipinski definition) is 2. The summed E-state index contributed by atoms with van der Waals surface area (Å²) < 4.78 is 29.7. The molecule has 0 fully saturated rings. The second-order valence-electron chi connectivity index (χ2n) is 3.63. The van der Waals surface area contributed by atoms with E-state index in [1.165, 1.54) is 6.07 Å². The molecule has 0 saturated carbocycles. The summed E-state index contributed by atoms with van der Waals surface area (Å²) in [5.74, 6) is -0.356. The molecule has 5 heteroatoms. The molecule has 1 atom stereocenters. The standard InChI is InChI=1S/C11H13BrFNOS/c1-7(2)16(15)14-8(3)10-6-9(12)4-5-11(10)13/h4-7H,1-3H3. The number of halogens is 2. The fourth-order valence-corrected chi connectivity index (χ4v) is 2.00. The molecule has 1 rings (SSSR count). The number of rotatable bonds is 3. The topological polar surface area (TPSA) is 35.4 Å². The average molecular weight is 306 g/mol. The smallest absolute Gasteiger partial charge is 0.137 e. The second-order valence-corrected chi connectivity index (χ2v) is 6.22. The summed E-state index contributed by atoms with van der Waals surface area (Å²) >= 11 is 1.95. The molecule has 0 heterocycles. The van der Waals surface area contributed by atoms with E-state index in [1.54, 1.807) is 19.1 Å². The fraction of sp³-hybridized carbons (Fsp3) is 0.364. The molecule has 0 radical (unpaired) electrons. The van der Waals surface area contributed by atoms with E-state index in [0.29, 0.717) is 11.3 Å². The first kappa shape index (κ1) is 13.7. The molecule has 0 spiro atoms. The zero-order chi connectivity index (χ0) is 12.3. The van der Waals surface area contributed by atoms with Crippen LogP contribution in [0.3, 0.4) is 0 Å². The lowest BCUT2D eigenvalue weighted by molar-refractivity contribution is 0.588. The summed E-state index contributed by atoms with van der Waals surface area (Å²) in [6.45, 7) is 5.28. The molecule has 1 aromatic rings. The minimum absolute atomic E-state index is 0.0647. The highest BCUT2D eigenvalue weighted by Gasteiger charge is 2.14. The van der Waals surface area contributed by atoms with Crippen molar-refractivity contribution in [1.29, 1.82) is 0 Å². The molecule has 0 aromatic heterocycles. The summed E-state index contributed by atoms with van der Waals surface area (Å²) in [6.07, 6.45) is 0. The van der Waals surface area contributed by atoms with E-state index < -0.39 is 11.4 Å². The van der Waals surface area contributed by atoms with E-state index in [2.05, 4.69) is 20.3 Å². The molecule has 0 aliphatic heterocycles. The molecule has 88 valence electrons. The van der Waals surface area contributed by atoms with Crippen LogP contribution in [0.5, 0.6) is 0 Å². The Labute approximate surface area is 106 Å². The molecular weight excluding hydrogens is 293 g/mol. The minimum atomic E-state index is -1.31. The second kappa shape index (κ2) is 5.80. The molecule has 0 amide bonds. The highest BCUT2D eigenvalue weighted by Crippen LogP contribution is 2.17. The first-order valence-corrected chi connectivity index (χ1v) is 6.79. The van der Waals surface area contributed by atoms with Gasteiger partial charge < -0.3 is 4.55 Å². The molecule has 0 saturated heterocycles. The lowest BCUT2D eigenvalue weighted by Crippen LogP contribution is -2.13. The Morgan fingerprint density at radius 1 is 1.50 bits per heavy atom. The normalized spacial score (nSPS) is 14.3. The van der Waals surface area contributed by atoms with Gasteiger partial charge in [-0.25, -0.2) is 4.39 Å². The van der Waals surface area contributed by atoms with E-state index >= 15 is 0 Å². The van der Waals surface area contributed by atoms with Crippen LogP contribution in [-0.4, -0.2) is 15.5 Å². The molecule has 0 aliphatic carbocycles. The van der Waals surface area contributed by atoms with Gasteiger partial charge in [0.1, 0.15) is 11.1 Å². The van der Waals surface area contributed by atoms with Gasteiger partial charge in [0, 0.05) is 10.0 Å². The molecule has 0 N–H and O–H groups in total. The van der Waals surface area contributed by atoms with Crippen molar-refractivity contribution in [3.63, 3.8) is 0 Å². The van der Waals surface area contributed by atoms with Crippen molar-refractivity contribution in [1.82, 2.24) is 0 Å². The largest absolute Gasteiger partial charge is 0.591 e. The predicted octanol–water partition coefficient (Wildman–Crippen LogP) is 3.47. The van der Waals surface area contributed by atoms with Crippen LogP contribution >= 0.6 is 15.9 Å². The molecule has 1 aromatic carbocycles. The van der Waals surface area contributed by atoms with Gasteiger partial charge in [-0.3, -0.25) is 0 Å². The van der Waals surface area contributed by atoms with E-state index in [1.807, 2.05) is 13.8 Å². The zero-order valence-electron chi connectivity index (χ0n) is 9.33. The van der Waals surface area contributed by atoms with Gasteiger partial charge in [-0.1, -0.05) is 20.3 Å². The Kier molecular flexibility index (Phi) is 4.95. The summed E-state index contributed by atoms with van der Waals surface area (Å²) in [5, 5.41) is -0.0647. The van der Waals surface area contributed by atoms with Gasteiger partial charge in [-0.15, -0.1) is 0 Å². The Balaban J connectivity index is 3.04. The van der Waals surface area contributed by atoms with E-state index in [-0.39, 0.29) is 11.1 Å². The number of nitrogens with zero attached hydrogens (tertiary/aromatic N) is 1. The Bertz CT molecular complexity index is 409. The van der Waals surface area contributed by atoms with Gasteiger partial charge in [-0.05, 0) is 39.0 Å². The maximum atomic E-state index is 13.5. The van der Waals surface area contributed by atoms with E-state index in [0.717, 1.165) is 4.47 Å². The lowest BCUT2D eigenvalue weighted by Gasteiger charge is -2.09. The number of hydrogen-bond donors (Lipinski definition) is 0. The van der Waals surface area contributed by atoms with E-state index in [9.17, 15) is 8.94 Å². The van der Waals surface area contributed by atoms with Crippen LogP contribution in [0.1, 0.15) is 26.3 Å². The van der Waals surface area contributed by atoms with Crippen LogP contribution in [0.15, 0.2) is 27.1 Å². The first-order valence-electron chi connectivity index (χ1n) is 4.83. The van der Waals surface area contributed by atoms with Gasteiger partial charge in [0.15, 0.2) is 0 Å². The molecule has 1 unspecified atom stereocenters. The van der Waals surface area contributed by atoms with Gasteiger partial charge in [0.05, 0.1) is 17.1 Å². The van der Waals surface area contributed by atoms with Crippen LogP contribution in [0.2, 0.25) is 0 Å². The van der Waals surface area contributed by atoms with Crippen LogP contribution in [0.25, 0.3) is 0 Å². The summed E-state index contributed by atoms with van der Waals surface area (Å²) in [7, 11) is 0. The SMILES string of the molecule is CC(=N[S+]([O-])C(C)C)c1cc(Br)ccc1F. The molecular formula is C11H13BrFNOS. The predicted molar refractivity (Wildman–Crippen MR) is 69.6 cm³/mol. The van der Waals surface area contributed by atoms with Crippen LogP contribution in [-0.2, 0) is 11.4 Å². The maximum Gasteiger partial charge on any atom is 0.137 e. The minimum Gasteiger partial charge on any atom is -0.591 e. The van der Waals surface area contributed by atoms with Crippen molar-refractivity contribution >= 4 is 33.0 Å². The molecule has 2 nitrogen and oxygen atoms in total. The third-order valence-corrected chi connectivity index (χ3v) is 3.70. The van der Waals surface area contributed by atoms with Crippen molar-refractivity contribution in [3.8, 4) is 0 Å². The maximum absolute atomic E-state index is 13.5. The van der Waals surface area contributed by atoms with Crippen LogP contribution < -0.4 is 0 Å². The van der Waals surface area contributed by atoms with Crippen molar-refractivity contribution < 1.29 is 8.94 Å². The Morgan fingerprint density at radius 3 is 2.69 bits per heavy atom. The zero-order valence-corrected chi connectivity index (χ0v) is 11.7. The highest BCUT2D eigenvalue weighted by atomic mass is 79.9. The molecule has 0 aliphatic rings. The third kappa shape index (κ3) is 3.57. The summed E-state index contributed by atoms with van der Waals surface area (Å²) in [5.41, 5.74) is 0.828. The highest BCUT2D eigenvalue weighted by molar-refractivity contribution is 9.10. The van der Waals surface area contributed by atoms with E-state index in [4.69, 9.17) is 0 Å². The van der Waals surface area contributed by atoms with Crippen molar-refractivity contribution in [2.24, 2.45) is 4.40 Å². The van der Waals surface area contributed by atoms with Gasteiger partial charge >= 0.3 is 0 Å². The van der Waals surface area contributed by atoms with Crippen molar-refractivity contribution in [2.45, 2.75) is 26.0 Å². The monoisotopic (exact) mass is 305 g/mol. The summed E-state index contributed by atoms with van der Waals surface area (Å²) in [4.78, 5) is 0. The van der Waals surface area contributed by atoms with Crippen molar-refractivity contribution in [2.75, 3.05) is 0 Å². The van der Waals surface area contributed by atoms with Gasteiger partial charge in [-0.2, -0.15) is 0 Å². The number of benzene rings is 1. The lowest BCUT2D eigenvalue weighted by atomic mass is 10.1. The van der Waals surface area contributed by atoms with Gasteiger partial charge in [0.2, 0.25) is 0 Å². The quantitative estimate of drug-likeness (QED) is 0.622. The van der Waals surface area contributed by atoms with Gasteiger partial charge in [0.25, 0.3) is 0 Å². The molecule has 0 bridgehead atoms. The average Bonchev–Trinajstić information content (AvgIpc) is 2.21.